The van der Waals surface area contributed by atoms with Gasteiger partial charge in [-0.2, -0.15) is 0 Å². The highest BCUT2D eigenvalue weighted by Gasteiger charge is 2.21. The number of hydrogen-bond acceptors (Lipinski definition) is 2. The maximum atomic E-state index is 5.63. The molecule has 13 aromatic rings. The minimum Gasteiger partial charge on any atom is -0.292 e. The summed E-state index contributed by atoms with van der Waals surface area (Å²) in [5.74, 6) is 0.906. The summed E-state index contributed by atoms with van der Waals surface area (Å²) < 4.78 is 2.25. The van der Waals surface area contributed by atoms with Crippen LogP contribution in [0.15, 0.2) is 224 Å². The summed E-state index contributed by atoms with van der Waals surface area (Å²) in [7, 11) is 0. The summed E-state index contributed by atoms with van der Waals surface area (Å²) in [5, 5.41) is 13.3. The van der Waals surface area contributed by atoms with Crippen molar-refractivity contribution in [3.63, 3.8) is 0 Å². The third-order valence-corrected chi connectivity index (χ3v) is 13.0. The number of aromatic nitrogens is 3. The number of hydrogen-bond donors (Lipinski definition) is 0. The summed E-state index contributed by atoms with van der Waals surface area (Å²) in [6, 6.07) is 81.2. The molecule has 3 nitrogen and oxygen atoms in total. The van der Waals surface area contributed by atoms with Crippen LogP contribution in [0.25, 0.3) is 126 Å². The first kappa shape index (κ1) is 35.4. The molecule has 0 saturated carbocycles. The van der Waals surface area contributed by atoms with Crippen LogP contribution < -0.4 is 0 Å². The van der Waals surface area contributed by atoms with E-state index in [4.69, 9.17) is 9.97 Å². The van der Waals surface area contributed by atoms with Crippen LogP contribution in [0.3, 0.4) is 0 Å². The number of benzene rings is 11. The van der Waals surface area contributed by atoms with Crippen LogP contribution in [0, 0.1) is 0 Å². The molecular weight excluding hydrogens is 763 g/mol. The number of rotatable bonds is 5. The minimum atomic E-state index is 0.906. The van der Waals surface area contributed by atoms with E-state index >= 15 is 0 Å². The van der Waals surface area contributed by atoms with E-state index in [9.17, 15) is 0 Å². The zero-order valence-electron chi connectivity index (χ0n) is 34.2. The van der Waals surface area contributed by atoms with E-state index in [1.165, 1.54) is 65.2 Å². The van der Waals surface area contributed by atoms with Crippen LogP contribution in [0.1, 0.15) is 0 Å². The molecule has 63 heavy (non-hydrogen) atoms. The summed E-state index contributed by atoms with van der Waals surface area (Å²) in [6.07, 6.45) is 0. The minimum absolute atomic E-state index is 0.906. The van der Waals surface area contributed by atoms with Gasteiger partial charge in [0.15, 0.2) is 0 Å². The fraction of sp³-hybridized carbons (Fsp3) is 0. The lowest BCUT2D eigenvalue weighted by Crippen LogP contribution is -1.97. The Labute approximate surface area is 363 Å². The molecule has 0 aliphatic rings. The van der Waals surface area contributed by atoms with Crippen LogP contribution in [0.2, 0.25) is 0 Å². The molecular formula is C60H37N3. The van der Waals surface area contributed by atoms with Crippen molar-refractivity contribution in [2.45, 2.75) is 0 Å². The predicted molar refractivity (Wildman–Crippen MR) is 266 cm³/mol. The molecule has 0 atom stereocenters. The van der Waals surface area contributed by atoms with Crippen LogP contribution in [0.5, 0.6) is 0 Å². The van der Waals surface area contributed by atoms with Crippen molar-refractivity contribution in [2.75, 3.05) is 0 Å². The van der Waals surface area contributed by atoms with Gasteiger partial charge >= 0.3 is 0 Å². The molecule has 13 rings (SSSR count). The van der Waals surface area contributed by atoms with Crippen molar-refractivity contribution in [3.8, 4) is 50.6 Å². The maximum Gasteiger partial charge on any atom is 0.145 e. The van der Waals surface area contributed by atoms with Crippen LogP contribution in [0.4, 0.5) is 0 Å². The molecule has 2 heterocycles. The van der Waals surface area contributed by atoms with Gasteiger partial charge in [0.1, 0.15) is 5.82 Å². The second-order valence-electron chi connectivity index (χ2n) is 16.5. The van der Waals surface area contributed by atoms with Gasteiger partial charge in [0.25, 0.3) is 0 Å². The molecule has 0 aliphatic heterocycles. The van der Waals surface area contributed by atoms with Gasteiger partial charge in [-0.3, -0.25) is 4.57 Å². The lowest BCUT2D eigenvalue weighted by atomic mass is 9.86. The largest absolute Gasteiger partial charge is 0.292 e. The Morgan fingerprint density at radius 1 is 0.302 bits per heavy atom. The fourth-order valence-corrected chi connectivity index (χ4v) is 10.0. The zero-order chi connectivity index (χ0) is 41.4. The summed E-state index contributed by atoms with van der Waals surface area (Å²) in [5.41, 5.74) is 11.9. The number of nitrogens with zero attached hydrogens (tertiary/aromatic N) is 3. The van der Waals surface area contributed by atoms with E-state index in [-0.39, 0.29) is 0 Å². The van der Waals surface area contributed by atoms with Crippen molar-refractivity contribution < 1.29 is 0 Å². The van der Waals surface area contributed by atoms with E-state index in [1.54, 1.807) is 0 Å². The number of para-hydroxylation sites is 3. The summed E-state index contributed by atoms with van der Waals surface area (Å²) in [6.45, 7) is 0. The number of fused-ring (bicyclic) bond motifs is 10. The molecule has 0 radical (unpaired) electrons. The molecule has 292 valence electrons. The summed E-state index contributed by atoms with van der Waals surface area (Å²) in [4.78, 5) is 10.8. The molecule has 2 aromatic heterocycles. The molecule has 0 N–H and O–H groups in total. The van der Waals surface area contributed by atoms with Gasteiger partial charge in [-0.25, -0.2) is 9.97 Å². The molecule has 0 amide bonds. The monoisotopic (exact) mass is 799 g/mol. The van der Waals surface area contributed by atoms with Gasteiger partial charge in [-0.1, -0.05) is 176 Å². The SMILES string of the molecule is c1ccc(-n2c(-c3ccc(-c4cc(-c5cc6ccccc6c6ccccc56)c5cc(-c6cc7ccccc7c7ccccc67)c6ccccc6c5n4)cc3)nc3ccccc32)cc1. The Morgan fingerprint density at radius 2 is 0.762 bits per heavy atom. The lowest BCUT2D eigenvalue weighted by Gasteiger charge is -2.19. The first-order valence-corrected chi connectivity index (χ1v) is 21.6. The Kier molecular flexibility index (Phi) is 7.91. The highest BCUT2D eigenvalue weighted by Crippen LogP contribution is 2.45. The van der Waals surface area contributed by atoms with Crippen molar-refractivity contribution in [3.05, 3.63) is 224 Å². The quantitative estimate of drug-likeness (QED) is 0.162. The molecule has 0 aliphatic carbocycles. The van der Waals surface area contributed by atoms with E-state index in [2.05, 4.69) is 229 Å². The van der Waals surface area contributed by atoms with Crippen molar-refractivity contribution in [1.29, 1.82) is 0 Å². The zero-order valence-corrected chi connectivity index (χ0v) is 34.2. The van der Waals surface area contributed by atoms with Crippen LogP contribution >= 0.6 is 0 Å². The Hall–Kier alpha value is -8.40. The number of pyridine rings is 1. The predicted octanol–water partition coefficient (Wildman–Crippen LogP) is 16.0. The summed E-state index contributed by atoms with van der Waals surface area (Å²) >= 11 is 0. The second-order valence-corrected chi connectivity index (χ2v) is 16.5. The van der Waals surface area contributed by atoms with Crippen LogP contribution in [-0.4, -0.2) is 14.5 Å². The van der Waals surface area contributed by atoms with E-state index in [0.29, 0.717) is 0 Å². The molecule has 0 saturated heterocycles. The average Bonchev–Trinajstić information content (AvgIpc) is 3.75. The smallest absolute Gasteiger partial charge is 0.145 e. The highest BCUT2D eigenvalue weighted by atomic mass is 15.1. The van der Waals surface area contributed by atoms with Gasteiger partial charge in [-0.05, 0) is 119 Å². The molecule has 0 spiro atoms. The van der Waals surface area contributed by atoms with Crippen LogP contribution in [-0.2, 0) is 0 Å². The van der Waals surface area contributed by atoms with Crippen molar-refractivity contribution >= 4 is 75.8 Å². The van der Waals surface area contributed by atoms with Gasteiger partial charge in [-0.15, -0.1) is 0 Å². The third-order valence-electron chi connectivity index (χ3n) is 13.0. The molecule has 0 unspecified atom stereocenters. The van der Waals surface area contributed by atoms with E-state index in [1.807, 2.05) is 0 Å². The molecule has 0 fully saturated rings. The highest BCUT2D eigenvalue weighted by molar-refractivity contribution is 6.23. The Bertz CT molecular complexity index is 3960. The second kappa shape index (κ2) is 14.1. The Balaban J connectivity index is 1.09. The van der Waals surface area contributed by atoms with Gasteiger partial charge < -0.3 is 0 Å². The first-order chi connectivity index (χ1) is 31.2. The first-order valence-electron chi connectivity index (χ1n) is 21.6. The third kappa shape index (κ3) is 5.60. The fourth-order valence-electron chi connectivity index (χ4n) is 10.0. The topological polar surface area (TPSA) is 30.7 Å². The standard InChI is InChI=1S/C60H37N3/c1-2-18-42(19-3-1)63-58-29-15-14-28-56(58)62-60(63)39-32-30-38(31-33-39)57-37-54(52-35-41-17-5-7-21-44(41)46-23-9-11-25-48(46)52)55-36-53(49-26-12-13-27-50(49)59(55)61-57)51-34-40-16-4-6-20-43(40)45-22-8-10-24-47(45)51/h1-37H. The Morgan fingerprint density at radius 3 is 1.40 bits per heavy atom. The van der Waals surface area contributed by atoms with Crippen molar-refractivity contribution in [2.24, 2.45) is 0 Å². The van der Waals surface area contributed by atoms with Gasteiger partial charge in [0, 0.05) is 27.6 Å². The normalized spacial score (nSPS) is 11.8. The van der Waals surface area contributed by atoms with E-state index in [0.717, 1.165) is 61.2 Å². The maximum absolute atomic E-state index is 5.63. The van der Waals surface area contributed by atoms with Crippen molar-refractivity contribution in [1.82, 2.24) is 14.5 Å². The van der Waals surface area contributed by atoms with Gasteiger partial charge in [0.05, 0.1) is 22.2 Å². The molecule has 11 aromatic carbocycles. The van der Waals surface area contributed by atoms with E-state index < -0.39 is 0 Å². The van der Waals surface area contributed by atoms with Gasteiger partial charge in [0.2, 0.25) is 0 Å². The molecule has 3 heteroatoms. The average molecular weight is 800 g/mol. The number of imidazole rings is 1. The lowest BCUT2D eigenvalue weighted by molar-refractivity contribution is 1.10. The molecule has 0 bridgehead atoms.